The molecule has 0 amide bonds. The maximum Gasteiger partial charge on any atom is 0.123 e. The minimum Gasteiger partial charge on any atom is -0.310 e. The molecule has 0 saturated heterocycles. The molecule has 106 valence electrons. The summed E-state index contributed by atoms with van der Waals surface area (Å²) in [5.41, 5.74) is 2.22. The predicted octanol–water partition coefficient (Wildman–Crippen LogP) is 5.13. The van der Waals surface area contributed by atoms with Crippen LogP contribution in [0.3, 0.4) is 0 Å². The van der Waals surface area contributed by atoms with Gasteiger partial charge in [-0.3, -0.25) is 0 Å². The molecular weight excluding hydrogens is 341 g/mol. The Labute approximate surface area is 132 Å². The van der Waals surface area contributed by atoms with Crippen LogP contribution < -0.4 is 5.32 Å². The number of halogens is 3. The van der Waals surface area contributed by atoms with Crippen LogP contribution in [0.5, 0.6) is 0 Å². The Morgan fingerprint density at radius 2 is 1.90 bits per heavy atom. The van der Waals surface area contributed by atoms with Gasteiger partial charge in [-0.2, -0.15) is 0 Å². The molecule has 0 aromatic heterocycles. The van der Waals surface area contributed by atoms with Crippen LogP contribution in [0.25, 0.3) is 0 Å². The molecule has 0 saturated carbocycles. The first-order chi connectivity index (χ1) is 9.60. The number of benzene rings is 2. The topological polar surface area (TPSA) is 12.0 Å². The summed E-state index contributed by atoms with van der Waals surface area (Å²) in [6.45, 7) is 2.93. The first-order valence-corrected chi connectivity index (χ1v) is 7.70. The van der Waals surface area contributed by atoms with Crippen molar-refractivity contribution in [2.45, 2.75) is 19.4 Å². The molecule has 1 nitrogen and oxygen atoms in total. The summed E-state index contributed by atoms with van der Waals surface area (Å²) in [4.78, 5) is 0. The third-order valence-electron chi connectivity index (χ3n) is 3.15. The molecule has 1 unspecified atom stereocenters. The Hall–Kier alpha value is -0.900. The number of nitrogens with one attached hydrogen (secondary N) is 1. The maximum absolute atomic E-state index is 13.0. The fourth-order valence-electron chi connectivity index (χ4n) is 2.14. The summed E-state index contributed by atoms with van der Waals surface area (Å²) < 4.78 is 13.8. The van der Waals surface area contributed by atoms with Crippen LogP contribution in [-0.4, -0.2) is 6.54 Å². The zero-order valence-corrected chi connectivity index (χ0v) is 13.5. The molecule has 1 N–H and O–H groups in total. The zero-order chi connectivity index (χ0) is 14.5. The maximum atomic E-state index is 13.0. The van der Waals surface area contributed by atoms with E-state index in [0.717, 1.165) is 28.6 Å². The van der Waals surface area contributed by atoms with Gasteiger partial charge in [0.05, 0.1) is 5.02 Å². The van der Waals surface area contributed by atoms with E-state index in [4.69, 9.17) is 11.6 Å². The minimum atomic E-state index is -0.208. The Morgan fingerprint density at radius 1 is 1.20 bits per heavy atom. The van der Waals surface area contributed by atoms with Crippen molar-refractivity contribution < 1.29 is 4.39 Å². The quantitative estimate of drug-likeness (QED) is 0.782. The van der Waals surface area contributed by atoms with Crippen molar-refractivity contribution in [3.63, 3.8) is 0 Å². The molecule has 0 fully saturated rings. The van der Waals surface area contributed by atoms with Gasteiger partial charge in [0, 0.05) is 10.5 Å². The van der Waals surface area contributed by atoms with Crippen molar-refractivity contribution in [2.24, 2.45) is 0 Å². The molecule has 0 aliphatic rings. The van der Waals surface area contributed by atoms with Crippen molar-refractivity contribution in [3.05, 3.63) is 68.9 Å². The van der Waals surface area contributed by atoms with E-state index in [1.54, 1.807) is 0 Å². The summed E-state index contributed by atoms with van der Waals surface area (Å²) in [5, 5.41) is 4.14. The molecule has 2 rings (SSSR count). The van der Waals surface area contributed by atoms with Crippen LogP contribution in [0.1, 0.15) is 24.1 Å². The Balaban J connectivity index is 2.21. The highest BCUT2D eigenvalue weighted by atomic mass is 79.9. The third kappa shape index (κ3) is 4.05. The molecule has 0 aliphatic heterocycles. The van der Waals surface area contributed by atoms with Crippen molar-refractivity contribution in [2.75, 3.05) is 6.54 Å². The van der Waals surface area contributed by atoms with Gasteiger partial charge in [0.25, 0.3) is 0 Å². The van der Waals surface area contributed by atoms with Gasteiger partial charge in [-0.25, -0.2) is 4.39 Å². The van der Waals surface area contributed by atoms with Crippen LogP contribution in [0.2, 0.25) is 5.02 Å². The van der Waals surface area contributed by atoms with Crippen molar-refractivity contribution in [3.8, 4) is 0 Å². The van der Waals surface area contributed by atoms with Crippen molar-refractivity contribution in [1.29, 1.82) is 0 Å². The standard InChI is InChI=1S/C16H16BrClFN/c1-2-20-16(9-11-3-6-13(19)7-4-11)12-5-8-14(17)15(18)10-12/h3-8,10,16,20H,2,9H2,1H3. The van der Waals surface area contributed by atoms with Crippen LogP contribution in [0.15, 0.2) is 46.9 Å². The molecule has 2 aromatic carbocycles. The summed E-state index contributed by atoms with van der Waals surface area (Å²) in [6.07, 6.45) is 0.798. The van der Waals surface area contributed by atoms with Crippen molar-refractivity contribution in [1.82, 2.24) is 5.32 Å². The largest absolute Gasteiger partial charge is 0.310 e. The number of hydrogen-bond acceptors (Lipinski definition) is 1. The smallest absolute Gasteiger partial charge is 0.123 e. The number of rotatable bonds is 5. The van der Waals surface area contributed by atoms with Gasteiger partial charge in [0.1, 0.15) is 5.82 Å². The van der Waals surface area contributed by atoms with E-state index in [9.17, 15) is 4.39 Å². The summed E-state index contributed by atoms with van der Waals surface area (Å²) in [5.74, 6) is -0.208. The molecule has 0 heterocycles. The molecule has 0 spiro atoms. The molecule has 0 bridgehead atoms. The molecule has 20 heavy (non-hydrogen) atoms. The first-order valence-electron chi connectivity index (χ1n) is 6.53. The Bertz CT molecular complexity index is 571. The zero-order valence-electron chi connectivity index (χ0n) is 11.2. The monoisotopic (exact) mass is 355 g/mol. The van der Waals surface area contributed by atoms with Gasteiger partial charge < -0.3 is 5.32 Å². The van der Waals surface area contributed by atoms with E-state index in [2.05, 4.69) is 28.2 Å². The second-order valence-corrected chi connectivity index (χ2v) is 5.88. The fourth-order valence-corrected chi connectivity index (χ4v) is 2.58. The average Bonchev–Trinajstić information content (AvgIpc) is 2.44. The fraction of sp³-hybridized carbons (Fsp3) is 0.250. The number of hydrogen-bond donors (Lipinski definition) is 1. The normalized spacial score (nSPS) is 12.4. The number of likely N-dealkylation sites (N-methyl/N-ethyl adjacent to an activating group) is 1. The molecule has 1 atom stereocenters. The van der Waals surface area contributed by atoms with Gasteiger partial charge in [-0.1, -0.05) is 36.7 Å². The van der Waals surface area contributed by atoms with E-state index in [1.807, 2.05) is 30.3 Å². The lowest BCUT2D eigenvalue weighted by molar-refractivity contribution is 0.548. The Morgan fingerprint density at radius 3 is 2.50 bits per heavy atom. The van der Waals surface area contributed by atoms with Gasteiger partial charge >= 0.3 is 0 Å². The lowest BCUT2D eigenvalue weighted by Crippen LogP contribution is -2.23. The van der Waals surface area contributed by atoms with Crippen LogP contribution >= 0.6 is 27.5 Å². The minimum absolute atomic E-state index is 0.163. The molecule has 4 heteroatoms. The van der Waals surface area contributed by atoms with Crippen LogP contribution in [0, 0.1) is 5.82 Å². The highest BCUT2D eigenvalue weighted by molar-refractivity contribution is 9.10. The summed E-state index contributed by atoms with van der Waals surface area (Å²) >= 11 is 9.56. The second-order valence-electron chi connectivity index (χ2n) is 4.61. The van der Waals surface area contributed by atoms with Crippen LogP contribution in [-0.2, 0) is 6.42 Å². The lowest BCUT2D eigenvalue weighted by Gasteiger charge is -2.19. The van der Waals surface area contributed by atoms with Gasteiger partial charge in [0.15, 0.2) is 0 Å². The average molecular weight is 357 g/mol. The van der Waals surface area contributed by atoms with Gasteiger partial charge in [-0.05, 0) is 64.3 Å². The van der Waals surface area contributed by atoms with Gasteiger partial charge in [-0.15, -0.1) is 0 Å². The Kier molecular flexibility index (Phi) is 5.58. The van der Waals surface area contributed by atoms with E-state index in [1.165, 1.54) is 12.1 Å². The van der Waals surface area contributed by atoms with E-state index in [0.29, 0.717) is 5.02 Å². The molecular formula is C16H16BrClFN. The second kappa shape index (κ2) is 7.21. The van der Waals surface area contributed by atoms with E-state index in [-0.39, 0.29) is 11.9 Å². The van der Waals surface area contributed by atoms with Crippen LogP contribution in [0.4, 0.5) is 4.39 Å². The molecule has 0 aliphatic carbocycles. The molecule has 0 radical (unpaired) electrons. The SMILES string of the molecule is CCNC(Cc1ccc(F)cc1)c1ccc(Br)c(Cl)c1. The lowest BCUT2D eigenvalue weighted by atomic mass is 9.99. The predicted molar refractivity (Wildman–Crippen MR) is 85.7 cm³/mol. The summed E-state index contributed by atoms with van der Waals surface area (Å²) in [7, 11) is 0. The van der Waals surface area contributed by atoms with Gasteiger partial charge in [0.2, 0.25) is 0 Å². The first kappa shape index (κ1) is 15.5. The highest BCUT2D eigenvalue weighted by Crippen LogP contribution is 2.27. The summed E-state index contributed by atoms with van der Waals surface area (Å²) in [6, 6.07) is 12.7. The molecule has 2 aromatic rings. The van der Waals surface area contributed by atoms with E-state index < -0.39 is 0 Å². The van der Waals surface area contributed by atoms with E-state index >= 15 is 0 Å². The van der Waals surface area contributed by atoms with Crippen molar-refractivity contribution >= 4 is 27.5 Å². The highest BCUT2D eigenvalue weighted by Gasteiger charge is 2.12. The third-order valence-corrected chi connectivity index (χ3v) is 4.38.